The smallest absolute Gasteiger partial charge is 0.392 e. The van der Waals surface area contributed by atoms with Crippen molar-refractivity contribution < 1.29 is 18.3 Å². The molecule has 0 spiro atoms. The van der Waals surface area contributed by atoms with E-state index in [1.807, 2.05) is 35.7 Å². The molecule has 0 unspecified atom stereocenters. The van der Waals surface area contributed by atoms with Crippen LogP contribution in [0.5, 0.6) is 0 Å². The topological polar surface area (TPSA) is 41.3 Å². The lowest BCUT2D eigenvalue weighted by atomic mass is 10.0. The van der Waals surface area contributed by atoms with Crippen LogP contribution in [-0.4, -0.2) is 32.4 Å². The molecule has 4 nitrogen and oxygen atoms in total. The van der Waals surface area contributed by atoms with Crippen molar-refractivity contribution in [1.82, 2.24) is 14.7 Å². The van der Waals surface area contributed by atoms with Crippen molar-refractivity contribution in [1.29, 1.82) is 0 Å². The molecule has 0 amide bonds. The zero-order chi connectivity index (χ0) is 18.2. The Balaban J connectivity index is 1.82. The van der Waals surface area contributed by atoms with Gasteiger partial charge in [-0.05, 0) is 44.0 Å². The van der Waals surface area contributed by atoms with E-state index in [4.69, 9.17) is 0 Å². The van der Waals surface area contributed by atoms with E-state index < -0.39 is 17.8 Å². The maximum Gasteiger partial charge on any atom is 0.416 e. The third-order valence-corrected chi connectivity index (χ3v) is 4.54. The maximum atomic E-state index is 13.0. The molecule has 1 fully saturated rings. The molecule has 1 aliphatic rings. The predicted molar refractivity (Wildman–Crippen MR) is 87.8 cm³/mol. The number of benzene rings is 1. The molecule has 3 rings (SSSR count). The summed E-state index contributed by atoms with van der Waals surface area (Å²) in [5.74, 6) is 0. The van der Waals surface area contributed by atoms with E-state index in [-0.39, 0.29) is 12.1 Å². The Morgan fingerprint density at radius 3 is 2.68 bits per heavy atom. The van der Waals surface area contributed by atoms with E-state index >= 15 is 0 Å². The highest BCUT2D eigenvalue weighted by Crippen LogP contribution is 2.36. The standard InChI is InChI=1S/C18H22F3N3O/c1-12(2)24-7-6-15(22-24)10-23-11-16(25)9-17(23)13-4-3-5-14(8-13)18(19,20)21/h3-8,12,16-17,25H,9-11H2,1-2H3/t16-,17+/m1/s1. The van der Waals surface area contributed by atoms with Gasteiger partial charge >= 0.3 is 6.18 Å². The number of aromatic nitrogens is 2. The van der Waals surface area contributed by atoms with E-state index in [2.05, 4.69) is 5.10 Å². The van der Waals surface area contributed by atoms with Crippen LogP contribution in [0.1, 0.15) is 49.2 Å². The molecule has 1 saturated heterocycles. The van der Waals surface area contributed by atoms with Crippen molar-refractivity contribution >= 4 is 0 Å². The molecule has 1 aromatic carbocycles. The number of hydrogen-bond acceptors (Lipinski definition) is 3. The Hall–Kier alpha value is -1.86. The largest absolute Gasteiger partial charge is 0.416 e. The second-order valence-electron chi connectivity index (χ2n) is 6.84. The normalized spacial score (nSPS) is 22.0. The summed E-state index contributed by atoms with van der Waals surface area (Å²) in [4.78, 5) is 1.99. The summed E-state index contributed by atoms with van der Waals surface area (Å²) in [7, 11) is 0. The van der Waals surface area contributed by atoms with Gasteiger partial charge < -0.3 is 5.11 Å². The van der Waals surface area contributed by atoms with Crippen molar-refractivity contribution in [2.24, 2.45) is 0 Å². The first-order valence-corrected chi connectivity index (χ1v) is 8.37. The first kappa shape index (κ1) is 17.9. The minimum absolute atomic E-state index is 0.247. The van der Waals surface area contributed by atoms with Gasteiger partial charge in [0.15, 0.2) is 0 Å². The van der Waals surface area contributed by atoms with Crippen LogP contribution in [0.15, 0.2) is 36.5 Å². The van der Waals surface area contributed by atoms with Gasteiger partial charge in [-0.25, -0.2) is 0 Å². The Bertz CT molecular complexity index is 726. The number of rotatable bonds is 4. The molecule has 2 atom stereocenters. The van der Waals surface area contributed by atoms with Gasteiger partial charge in [0.1, 0.15) is 0 Å². The first-order chi connectivity index (χ1) is 11.7. The molecule has 1 N–H and O–H groups in total. The minimum atomic E-state index is -4.37. The SMILES string of the molecule is CC(C)n1ccc(CN2C[C@H](O)C[C@H]2c2cccc(C(F)(F)F)c2)n1. The highest BCUT2D eigenvalue weighted by atomic mass is 19.4. The van der Waals surface area contributed by atoms with E-state index in [9.17, 15) is 18.3 Å². The van der Waals surface area contributed by atoms with Crippen LogP contribution >= 0.6 is 0 Å². The van der Waals surface area contributed by atoms with Crippen molar-refractivity contribution in [3.05, 3.63) is 53.3 Å². The summed E-state index contributed by atoms with van der Waals surface area (Å²) in [5, 5.41) is 14.5. The average Bonchev–Trinajstić information content (AvgIpc) is 3.14. The van der Waals surface area contributed by atoms with E-state index in [0.717, 1.165) is 11.8 Å². The Labute approximate surface area is 144 Å². The number of β-amino-alcohol motifs (C(OH)–C–C–N with tert-alkyl or cyclic N) is 1. The summed E-state index contributed by atoms with van der Waals surface area (Å²) < 4.78 is 40.8. The summed E-state index contributed by atoms with van der Waals surface area (Å²) in [6, 6.07) is 7.28. The third kappa shape index (κ3) is 4.04. The average molecular weight is 353 g/mol. The fraction of sp³-hybridized carbons (Fsp3) is 0.500. The second kappa shape index (κ2) is 6.80. The van der Waals surface area contributed by atoms with Gasteiger partial charge in [-0.15, -0.1) is 0 Å². The van der Waals surface area contributed by atoms with Crippen LogP contribution in [0.2, 0.25) is 0 Å². The van der Waals surface area contributed by atoms with Gasteiger partial charge in [0.05, 0.1) is 17.4 Å². The maximum absolute atomic E-state index is 13.0. The van der Waals surface area contributed by atoms with Crippen molar-refractivity contribution in [3.63, 3.8) is 0 Å². The van der Waals surface area contributed by atoms with Gasteiger partial charge in [0.2, 0.25) is 0 Å². The highest BCUT2D eigenvalue weighted by Gasteiger charge is 2.35. The number of alkyl halides is 3. The predicted octanol–water partition coefficient (Wildman–Crippen LogP) is 3.79. The number of halogens is 3. The molecule has 0 saturated carbocycles. The highest BCUT2D eigenvalue weighted by molar-refractivity contribution is 5.29. The van der Waals surface area contributed by atoms with Gasteiger partial charge in [-0.3, -0.25) is 9.58 Å². The molecule has 136 valence electrons. The third-order valence-electron chi connectivity index (χ3n) is 4.54. The number of aliphatic hydroxyl groups is 1. The Kier molecular flexibility index (Phi) is 4.88. The van der Waals surface area contributed by atoms with Crippen molar-refractivity contribution in [3.8, 4) is 0 Å². The van der Waals surface area contributed by atoms with Crippen LogP contribution in [0.4, 0.5) is 13.2 Å². The lowest BCUT2D eigenvalue weighted by Crippen LogP contribution is -2.25. The van der Waals surface area contributed by atoms with E-state index in [1.54, 1.807) is 6.07 Å². The molecular weight excluding hydrogens is 331 g/mol. The van der Waals surface area contributed by atoms with Crippen LogP contribution < -0.4 is 0 Å². The van der Waals surface area contributed by atoms with Gasteiger partial charge in [-0.1, -0.05) is 12.1 Å². The van der Waals surface area contributed by atoms with Crippen molar-refractivity contribution in [2.45, 2.75) is 51.2 Å². The fourth-order valence-corrected chi connectivity index (χ4v) is 3.28. The molecule has 25 heavy (non-hydrogen) atoms. The van der Waals surface area contributed by atoms with E-state index in [1.165, 1.54) is 12.1 Å². The minimum Gasteiger partial charge on any atom is -0.392 e. The zero-order valence-corrected chi connectivity index (χ0v) is 14.2. The lowest BCUT2D eigenvalue weighted by molar-refractivity contribution is -0.137. The van der Waals surface area contributed by atoms with E-state index in [0.29, 0.717) is 25.1 Å². The molecule has 0 bridgehead atoms. The molecule has 0 radical (unpaired) electrons. The van der Waals surface area contributed by atoms with Gasteiger partial charge in [0, 0.05) is 31.4 Å². The molecule has 2 aromatic rings. The Morgan fingerprint density at radius 1 is 1.28 bits per heavy atom. The van der Waals surface area contributed by atoms with Crippen LogP contribution in [-0.2, 0) is 12.7 Å². The van der Waals surface area contributed by atoms with Crippen LogP contribution in [0.25, 0.3) is 0 Å². The number of nitrogens with zero attached hydrogens (tertiary/aromatic N) is 3. The summed E-state index contributed by atoms with van der Waals surface area (Å²) in [5.41, 5.74) is 0.768. The molecule has 7 heteroatoms. The summed E-state index contributed by atoms with van der Waals surface area (Å²) in [6.07, 6.45) is -2.60. The molecule has 1 aromatic heterocycles. The Morgan fingerprint density at radius 2 is 2.04 bits per heavy atom. The van der Waals surface area contributed by atoms with Crippen molar-refractivity contribution in [2.75, 3.05) is 6.54 Å². The van der Waals surface area contributed by atoms with Gasteiger partial charge in [0.25, 0.3) is 0 Å². The number of aliphatic hydroxyl groups excluding tert-OH is 1. The van der Waals surface area contributed by atoms with Crippen LogP contribution in [0.3, 0.4) is 0 Å². The van der Waals surface area contributed by atoms with Gasteiger partial charge in [-0.2, -0.15) is 18.3 Å². The molecule has 2 heterocycles. The number of hydrogen-bond donors (Lipinski definition) is 1. The van der Waals surface area contributed by atoms with Crippen LogP contribution in [0, 0.1) is 0 Å². The summed E-state index contributed by atoms with van der Waals surface area (Å²) >= 11 is 0. The molecule has 1 aliphatic heterocycles. The monoisotopic (exact) mass is 353 g/mol. The summed E-state index contributed by atoms with van der Waals surface area (Å²) in [6.45, 7) is 4.98. The lowest BCUT2D eigenvalue weighted by Gasteiger charge is -2.24. The fourth-order valence-electron chi connectivity index (χ4n) is 3.28. The number of likely N-dealkylation sites (tertiary alicyclic amines) is 1. The first-order valence-electron chi connectivity index (χ1n) is 8.37. The zero-order valence-electron chi connectivity index (χ0n) is 14.2. The quantitative estimate of drug-likeness (QED) is 0.909. The second-order valence-corrected chi connectivity index (χ2v) is 6.84. The molecule has 0 aliphatic carbocycles. The molecular formula is C18H22F3N3O.